The van der Waals surface area contributed by atoms with Crippen molar-refractivity contribution in [3.63, 3.8) is 0 Å². The predicted octanol–water partition coefficient (Wildman–Crippen LogP) is 3.92. The highest BCUT2D eigenvalue weighted by atomic mass is 35.5. The lowest BCUT2D eigenvalue weighted by Gasteiger charge is -2.21. The molecule has 1 rings (SSSR count). The van der Waals surface area contributed by atoms with Gasteiger partial charge in [0.2, 0.25) is 0 Å². The van der Waals surface area contributed by atoms with E-state index >= 15 is 0 Å². The van der Waals surface area contributed by atoms with Crippen molar-refractivity contribution in [2.75, 3.05) is 0 Å². The molecule has 2 atom stereocenters. The molecule has 0 heterocycles. The molecule has 0 aliphatic rings. The first-order valence-electron chi connectivity index (χ1n) is 6.23. The molecule has 2 unspecified atom stereocenters. The van der Waals surface area contributed by atoms with E-state index in [-0.39, 0.29) is 11.9 Å². The third kappa shape index (κ3) is 4.92. The molecule has 1 aromatic carbocycles. The van der Waals surface area contributed by atoms with Gasteiger partial charge in [-0.15, -0.1) is 0 Å². The topological polar surface area (TPSA) is 38.3 Å². The second-order valence-electron chi connectivity index (χ2n) is 4.88. The van der Waals surface area contributed by atoms with Gasteiger partial charge in [-0.05, 0) is 38.0 Å². The molecule has 0 aliphatic heterocycles. The number of ether oxygens (including phenoxy) is 1. The van der Waals surface area contributed by atoms with Gasteiger partial charge in [-0.3, -0.25) is 4.79 Å². The van der Waals surface area contributed by atoms with Crippen LogP contribution < -0.4 is 10.1 Å². The first-order chi connectivity index (χ1) is 8.81. The average Bonchev–Trinajstić information content (AvgIpc) is 2.32. The van der Waals surface area contributed by atoms with E-state index in [9.17, 15) is 4.79 Å². The molecule has 1 amide bonds. The van der Waals surface area contributed by atoms with Crippen molar-refractivity contribution >= 4 is 29.1 Å². The summed E-state index contributed by atoms with van der Waals surface area (Å²) in [4.78, 5) is 11.9. The number of hydrogen-bond acceptors (Lipinski definition) is 2. The smallest absolute Gasteiger partial charge is 0.260 e. The van der Waals surface area contributed by atoms with Crippen molar-refractivity contribution in [3.8, 4) is 5.75 Å². The normalized spacial score (nSPS) is 14.1. The predicted molar refractivity (Wildman–Crippen MR) is 79.0 cm³/mol. The van der Waals surface area contributed by atoms with Crippen LogP contribution in [0.25, 0.3) is 0 Å². The molecule has 0 spiro atoms. The maximum Gasteiger partial charge on any atom is 0.260 e. The molecule has 5 heteroatoms. The third-order valence-corrected chi connectivity index (χ3v) is 3.47. The van der Waals surface area contributed by atoms with Crippen molar-refractivity contribution in [2.24, 2.45) is 5.92 Å². The van der Waals surface area contributed by atoms with Gasteiger partial charge in [-0.1, -0.05) is 37.0 Å². The fourth-order valence-electron chi connectivity index (χ4n) is 1.32. The van der Waals surface area contributed by atoms with Crippen LogP contribution in [0, 0.1) is 5.92 Å². The summed E-state index contributed by atoms with van der Waals surface area (Å²) in [6, 6.07) is 5.00. The zero-order chi connectivity index (χ0) is 14.6. The summed E-state index contributed by atoms with van der Waals surface area (Å²) in [5, 5.41) is 3.82. The molecule has 19 heavy (non-hydrogen) atoms. The summed E-state index contributed by atoms with van der Waals surface area (Å²) in [6.07, 6.45) is -0.611. The molecule has 106 valence electrons. The van der Waals surface area contributed by atoms with E-state index in [1.807, 2.05) is 20.8 Å². The van der Waals surface area contributed by atoms with Gasteiger partial charge in [-0.2, -0.15) is 0 Å². The summed E-state index contributed by atoms with van der Waals surface area (Å²) in [5.41, 5.74) is 0. The van der Waals surface area contributed by atoms with Gasteiger partial charge in [0.1, 0.15) is 5.75 Å². The monoisotopic (exact) mass is 303 g/mol. The largest absolute Gasteiger partial charge is 0.479 e. The van der Waals surface area contributed by atoms with Crippen LogP contribution in [0.15, 0.2) is 18.2 Å². The molecule has 0 aliphatic carbocycles. The van der Waals surface area contributed by atoms with E-state index in [0.29, 0.717) is 21.7 Å². The Labute approximate surface area is 124 Å². The van der Waals surface area contributed by atoms with Crippen LogP contribution in [-0.4, -0.2) is 18.1 Å². The second-order valence-corrected chi connectivity index (χ2v) is 5.72. The summed E-state index contributed by atoms with van der Waals surface area (Å²) < 4.78 is 5.54. The van der Waals surface area contributed by atoms with Crippen LogP contribution >= 0.6 is 23.2 Å². The number of benzene rings is 1. The Morgan fingerprint density at radius 3 is 2.37 bits per heavy atom. The van der Waals surface area contributed by atoms with E-state index in [1.165, 1.54) is 0 Å². The molecule has 1 N–H and O–H groups in total. The van der Waals surface area contributed by atoms with E-state index in [1.54, 1.807) is 25.1 Å². The highest BCUT2D eigenvalue weighted by Crippen LogP contribution is 2.28. The molecular formula is C14H19Cl2NO2. The van der Waals surface area contributed by atoms with Crippen LogP contribution in [0.1, 0.15) is 27.7 Å². The van der Waals surface area contributed by atoms with E-state index in [0.717, 1.165) is 0 Å². The van der Waals surface area contributed by atoms with Crippen molar-refractivity contribution in [1.29, 1.82) is 0 Å². The van der Waals surface area contributed by atoms with Crippen molar-refractivity contribution in [1.82, 2.24) is 5.32 Å². The maximum absolute atomic E-state index is 11.9. The van der Waals surface area contributed by atoms with E-state index in [4.69, 9.17) is 27.9 Å². The number of nitrogens with one attached hydrogen (secondary N) is 1. The van der Waals surface area contributed by atoms with Gasteiger partial charge in [0, 0.05) is 11.1 Å². The minimum absolute atomic E-state index is 0.0965. The Morgan fingerprint density at radius 1 is 1.21 bits per heavy atom. The minimum Gasteiger partial charge on any atom is -0.479 e. The lowest BCUT2D eigenvalue weighted by molar-refractivity contribution is -0.128. The summed E-state index contributed by atoms with van der Waals surface area (Å²) in [6.45, 7) is 7.75. The number of carbonyl (C=O) groups excluding carboxylic acids is 1. The number of rotatable bonds is 5. The Bertz CT molecular complexity index is 449. The quantitative estimate of drug-likeness (QED) is 0.895. The summed E-state index contributed by atoms with van der Waals surface area (Å²) in [7, 11) is 0. The van der Waals surface area contributed by atoms with Crippen molar-refractivity contribution in [3.05, 3.63) is 28.2 Å². The molecule has 0 aromatic heterocycles. The molecule has 0 bridgehead atoms. The van der Waals surface area contributed by atoms with Crippen molar-refractivity contribution in [2.45, 2.75) is 39.8 Å². The average molecular weight is 304 g/mol. The SMILES string of the molecule is CC(Oc1ccc(Cl)cc1Cl)C(=O)NC(C)C(C)C. The molecule has 0 saturated carbocycles. The van der Waals surface area contributed by atoms with E-state index in [2.05, 4.69) is 5.32 Å². The lowest BCUT2D eigenvalue weighted by Crippen LogP contribution is -2.43. The van der Waals surface area contributed by atoms with Crippen LogP contribution in [0.3, 0.4) is 0 Å². The van der Waals surface area contributed by atoms with Crippen LogP contribution in [-0.2, 0) is 4.79 Å². The number of hydrogen-bond donors (Lipinski definition) is 1. The Balaban J connectivity index is 2.63. The first-order valence-corrected chi connectivity index (χ1v) is 6.99. The number of halogens is 2. The molecule has 0 radical (unpaired) electrons. The molecular weight excluding hydrogens is 285 g/mol. The van der Waals surface area contributed by atoms with Gasteiger partial charge >= 0.3 is 0 Å². The van der Waals surface area contributed by atoms with Gasteiger partial charge < -0.3 is 10.1 Å². The zero-order valence-corrected chi connectivity index (χ0v) is 13.0. The van der Waals surface area contributed by atoms with Crippen LogP contribution in [0.5, 0.6) is 5.75 Å². The van der Waals surface area contributed by atoms with E-state index < -0.39 is 6.10 Å². The Hall–Kier alpha value is -0.930. The molecule has 0 fully saturated rings. The molecule has 3 nitrogen and oxygen atoms in total. The zero-order valence-electron chi connectivity index (χ0n) is 11.5. The second kappa shape index (κ2) is 7.01. The first kappa shape index (κ1) is 16.1. The highest BCUT2D eigenvalue weighted by Gasteiger charge is 2.19. The highest BCUT2D eigenvalue weighted by molar-refractivity contribution is 6.35. The van der Waals surface area contributed by atoms with Crippen LogP contribution in [0.2, 0.25) is 10.0 Å². The fraction of sp³-hybridized carbons (Fsp3) is 0.500. The number of amides is 1. The van der Waals surface area contributed by atoms with Crippen LogP contribution in [0.4, 0.5) is 0 Å². The minimum atomic E-state index is -0.611. The standard InChI is InChI=1S/C14H19Cl2NO2/c1-8(2)9(3)17-14(18)10(4)19-13-6-5-11(15)7-12(13)16/h5-10H,1-4H3,(H,17,18). The Kier molecular flexibility index (Phi) is 5.95. The maximum atomic E-state index is 11.9. The number of carbonyl (C=O) groups is 1. The van der Waals surface area contributed by atoms with Gasteiger partial charge in [0.05, 0.1) is 5.02 Å². The Morgan fingerprint density at radius 2 is 1.84 bits per heavy atom. The lowest BCUT2D eigenvalue weighted by atomic mass is 10.1. The van der Waals surface area contributed by atoms with Gasteiger partial charge in [0.25, 0.3) is 5.91 Å². The van der Waals surface area contributed by atoms with Gasteiger partial charge in [-0.25, -0.2) is 0 Å². The summed E-state index contributed by atoms with van der Waals surface area (Å²) >= 11 is 11.8. The molecule has 1 aromatic rings. The fourth-order valence-corrected chi connectivity index (χ4v) is 1.78. The van der Waals surface area contributed by atoms with Gasteiger partial charge in [0.15, 0.2) is 6.10 Å². The summed E-state index contributed by atoms with van der Waals surface area (Å²) in [5.74, 6) is 0.661. The molecule has 0 saturated heterocycles. The third-order valence-electron chi connectivity index (χ3n) is 2.94. The van der Waals surface area contributed by atoms with Crippen molar-refractivity contribution < 1.29 is 9.53 Å².